The van der Waals surface area contributed by atoms with Crippen LogP contribution < -0.4 is 15.0 Å². The van der Waals surface area contributed by atoms with E-state index in [9.17, 15) is 18.0 Å². The van der Waals surface area contributed by atoms with E-state index in [-0.39, 0.29) is 29.2 Å². The molecule has 33 heavy (non-hydrogen) atoms. The van der Waals surface area contributed by atoms with E-state index in [1.807, 2.05) is 19.1 Å². The molecule has 0 bridgehead atoms. The standard InChI is InChI=1S/C24H29N3O5S/c1-17-7-9-20(10-8-17)33(30,31)26-13-11-19(12-14-26)25-24(29)18-15-23(28)27(16-18)21-5-3-4-6-22(21)32-2/h3-10,18-19H,11-16H2,1-2H3,(H,25,29). The number of aryl methyl sites for hydroxylation is 1. The molecule has 9 heteroatoms. The van der Waals surface area contributed by atoms with Gasteiger partial charge >= 0.3 is 0 Å². The molecule has 2 heterocycles. The number of hydrogen-bond acceptors (Lipinski definition) is 5. The van der Waals surface area contributed by atoms with Gasteiger partial charge in [0.2, 0.25) is 21.8 Å². The van der Waals surface area contributed by atoms with Gasteiger partial charge < -0.3 is 15.0 Å². The summed E-state index contributed by atoms with van der Waals surface area (Å²) in [7, 11) is -1.99. The normalized spacial score (nSPS) is 20.1. The number of hydrogen-bond donors (Lipinski definition) is 1. The summed E-state index contributed by atoms with van der Waals surface area (Å²) in [4.78, 5) is 27.3. The number of piperidine rings is 1. The van der Waals surface area contributed by atoms with Crippen molar-refractivity contribution < 1.29 is 22.7 Å². The number of methoxy groups -OCH3 is 1. The summed E-state index contributed by atoms with van der Waals surface area (Å²) in [5, 5.41) is 3.03. The zero-order valence-electron chi connectivity index (χ0n) is 18.9. The van der Waals surface area contributed by atoms with Gasteiger partial charge in [-0.1, -0.05) is 29.8 Å². The zero-order valence-corrected chi connectivity index (χ0v) is 19.7. The second kappa shape index (κ2) is 9.52. The van der Waals surface area contributed by atoms with Gasteiger partial charge in [-0.05, 0) is 44.0 Å². The lowest BCUT2D eigenvalue weighted by molar-refractivity contribution is -0.127. The van der Waals surface area contributed by atoms with Gasteiger partial charge in [0.15, 0.2) is 0 Å². The highest BCUT2D eigenvalue weighted by atomic mass is 32.2. The Morgan fingerprint density at radius 3 is 2.39 bits per heavy atom. The Balaban J connectivity index is 1.33. The van der Waals surface area contributed by atoms with Gasteiger partial charge in [0.1, 0.15) is 5.75 Å². The van der Waals surface area contributed by atoms with E-state index in [0.29, 0.717) is 43.9 Å². The van der Waals surface area contributed by atoms with Crippen LogP contribution in [0.1, 0.15) is 24.8 Å². The fourth-order valence-electron chi connectivity index (χ4n) is 4.39. The fraction of sp³-hybridized carbons (Fsp3) is 0.417. The minimum absolute atomic E-state index is 0.112. The minimum atomic E-state index is -3.54. The van der Waals surface area contributed by atoms with Crippen LogP contribution in [-0.2, 0) is 19.6 Å². The van der Waals surface area contributed by atoms with E-state index in [0.717, 1.165) is 5.56 Å². The van der Waals surface area contributed by atoms with E-state index in [4.69, 9.17) is 4.74 Å². The first-order valence-electron chi connectivity index (χ1n) is 11.1. The van der Waals surface area contributed by atoms with Crippen molar-refractivity contribution in [1.29, 1.82) is 0 Å². The summed E-state index contributed by atoms with van der Waals surface area (Å²) in [6, 6.07) is 14.0. The Morgan fingerprint density at radius 2 is 1.73 bits per heavy atom. The van der Waals surface area contributed by atoms with Crippen LogP contribution in [-0.4, -0.2) is 57.3 Å². The average Bonchev–Trinajstić information content (AvgIpc) is 3.21. The molecule has 0 spiro atoms. The summed E-state index contributed by atoms with van der Waals surface area (Å²) in [5.41, 5.74) is 1.67. The average molecular weight is 472 g/mol. The van der Waals surface area contributed by atoms with Gasteiger partial charge in [-0.3, -0.25) is 9.59 Å². The van der Waals surface area contributed by atoms with Crippen LogP contribution in [0, 0.1) is 12.8 Å². The highest BCUT2D eigenvalue weighted by Crippen LogP contribution is 2.33. The van der Waals surface area contributed by atoms with Crippen molar-refractivity contribution in [3.8, 4) is 5.75 Å². The molecule has 2 amide bonds. The molecule has 0 aromatic heterocycles. The highest BCUT2D eigenvalue weighted by molar-refractivity contribution is 7.89. The van der Waals surface area contributed by atoms with Crippen molar-refractivity contribution in [2.24, 2.45) is 5.92 Å². The molecule has 1 unspecified atom stereocenters. The van der Waals surface area contributed by atoms with Crippen molar-refractivity contribution in [2.75, 3.05) is 31.6 Å². The number of amides is 2. The Kier molecular flexibility index (Phi) is 6.71. The van der Waals surface area contributed by atoms with Gasteiger partial charge in [-0.2, -0.15) is 4.31 Å². The number of sulfonamides is 1. The topological polar surface area (TPSA) is 96.0 Å². The van der Waals surface area contributed by atoms with E-state index >= 15 is 0 Å². The number of ether oxygens (including phenoxy) is 1. The first-order valence-corrected chi connectivity index (χ1v) is 12.5. The number of benzene rings is 2. The number of anilines is 1. The van der Waals surface area contributed by atoms with Gasteiger partial charge in [0.05, 0.1) is 23.6 Å². The van der Waals surface area contributed by atoms with E-state index in [1.165, 1.54) is 4.31 Å². The molecule has 0 aliphatic carbocycles. The maximum Gasteiger partial charge on any atom is 0.243 e. The van der Waals surface area contributed by atoms with E-state index in [2.05, 4.69) is 5.32 Å². The molecule has 2 aliphatic rings. The monoisotopic (exact) mass is 471 g/mol. The first kappa shape index (κ1) is 23.3. The Labute approximate surface area is 194 Å². The van der Waals surface area contributed by atoms with Gasteiger partial charge in [-0.15, -0.1) is 0 Å². The SMILES string of the molecule is COc1ccccc1N1CC(C(=O)NC2CCN(S(=O)(=O)c3ccc(C)cc3)CC2)CC1=O. The van der Waals surface area contributed by atoms with Gasteiger partial charge in [0, 0.05) is 32.1 Å². The third kappa shape index (κ3) is 4.89. The molecule has 0 saturated carbocycles. The minimum Gasteiger partial charge on any atom is -0.495 e. The molecule has 176 valence electrons. The van der Waals surface area contributed by atoms with Crippen molar-refractivity contribution in [3.05, 3.63) is 54.1 Å². The van der Waals surface area contributed by atoms with Crippen molar-refractivity contribution in [2.45, 2.75) is 37.1 Å². The Morgan fingerprint density at radius 1 is 1.06 bits per heavy atom. The maximum atomic E-state index is 12.9. The number of rotatable bonds is 6. The molecule has 2 aliphatic heterocycles. The third-order valence-corrected chi connectivity index (χ3v) is 8.24. The highest BCUT2D eigenvalue weighted by Gasteiger charge is 2.37. The van der Waals surface area contributed by atoms with Gasteiger partial charge in [0.25, 0.3) is 0 Å². The lowest BCUT2D eigenvalue weighted by Crippen LogP contribution is -2.48. The number of carbonyl (C=O) groups excluding carboxylic acids is 2. The predicted molar refractivity (Wildman–Crippen MR) is 125 cm³/mol. The number of nitrogens with one attached hydrogen (secondary N) is 1. The second-order valence-corrected chi connectivity index (χ2v) is 10.5. The fourth-order valence-corrected chi connectivity index (χ4v) is 5.86. The first-order chi connectivity index (χ1) is 15.8. The van der Waals surface area contributed by atoms with Crippen LogP contribution in [0.3, 0.4) is 0 Å². The summed E-state index contributed by atoms with van der Waals surface area (Å²) >= 11 is 0. The van der Waals surface area contributed by atoms with Crippen molar-refractivity contribution in [1.82, 2.24) is 9.62 Å². The summed E-state index contributed by atoms with van der Waals surface area (Å²) in [6.07, 6.45) is 1.21. The molecule has 2 aromatic carbocycles. The number of carbonyl (C=O) groups is 2. The predicted octanol–water partition coefficient (Wildman–Crippen LogP) is 2.33. The van der Waals surface area contributed by atoms with E-state index in [1.54, 1.807) is 48.4 Å². The lowest BCUT2D eigenvalue weighted by atomic mass is 10.0. The lowest BCUT2D eigenvalue weighted by Gasteiger charge is -2.32. The van der Waals surface area contributed by atoms with E-state index < -0.39 is 15.9 Å². The van der Waals surface area contributed by atoms with Crippen LogP contribution in [0.25, 0.3) is 0 Å². The molecule has 8 nitrogen and oxygen atoms in total. The molecule has 2 fully saturated rings. The van der Waals surface area contributed by atoms with Crippen LogP contribution in [0.4, 0.5) is 5.69 Å². The Hall–Kier alpha value is -2.91. The second-order valence-electron chi connectivity index (χ2n) is 8.58. The largest absolute Gasteiger partial charge is 0.495 e. The molecule has 2 aromatic rings. The zero-order chi connectivity index (χ0) is 23.6. The summed E-state index contributed by atoms with van der Waals surface area (Å²) in [5.74, 6) is -0.134. The number of nitrogens with zero attached hydrogens (tertiary/aromatic N) is 2. The van der Waals surface area contributed by atoms with Crippen LogP contribution >= 0.6 is 0 Å². The molecular formula is C24H29N3O5S. The molecular weight excluding hydrogens is 442 g/mol. The van der Waals surface area contributed by atoms with Crippen LogP contribution in [0.2, 0.25) is 0 Å². The number of para-hydroxylation sites is 2. The molecule has 1 N–H and O–H groups in total. The molecule has 0 radical (unpaired) electrons. The third-order valence-electron chi connectivity index (χ3n) is 6.33. The summed E-state index contributed by atoms with van der Waals surface area (Å²) < 4.78 is 32.6. The van der Waals surface area contributed by atoms with Gasteiger partial charge in [-0.25, -0.2) is 8.42 Å². The maximum absolute atomic E-state index is 12.9. The van der Waals surface area contributed by atoms with Crippen LogP contribution in [0.5, 0.6) is 5.75 Å². The van der Waals surface area contributed by atoms with Crippen LogP contribution in [0.15, 0.2) is 53.4 Å². The molecule has 2 saturated heterocycles. The quantitative estimate of drug-likeness (QED) is 0.698. The van der Waals surface area contributed by atoms with Crippen molar-refractivity contribution in [3.63, 3.8) is 0 Å². The molecule has 1 atom stereocenters. The summed E-state index contributed by atoms with van der Waals surface area (Å²) in [6.45, 7) is 2.90. The molecule has 4 rings (SSSR count). The Bertz CT molecular complexity index is 1130. The smallest absolute Gasteiger partial charge is 0.243 e. The van der Waals surface area contributed by atoms with Crippen molar-refractivity contribution >= 4 is 27.5 Å².